The summed E-state index contributed by atoms with van der Waals surface area (Å²) in [5.74, 6) is 0.653. The van der Waals surface area contributed by atoms with Gasteiger partial charge in [-0.2, -0.15) is 0 Å². The molecule has 0 bridgehead atoms. The molecular weight excluding hydrogens is 434 g/mol. The van der Waals surface area contributed by atoms with E-state index in [1.54, 1.807) is 16.2 Å². The van der Waals surface area contributed by atoms with Crippen molar-refractivity contribution in [3.05, 3.63) is 50.5 Å². The van der Waals surface area contributed by atoms with Crippen LogP contribution in [0.15, 0.2) is 33.1 Å². The van der Waals surface area contributed by atoms with Crippen molar-refractivity contribution in [3.63, 3.8) is 0 Å². The Balaban J connectivity index is 1.36. The Labute approximate surface area is 186 Å². The number of fused-ring (bicyclic) bond motifs is 3. The minimum Gasteiger partial charge on any atom is -0.418 e. The molecule has 0 aromatic carbocycles. The number of aromatic nitrogens is 4. The zero-order valence-electron chi connectivity index (χ0n) is 17.0. The predicted octanol–water partition coefficient (Wildman–Crippen LogP) is 3.50. The maximum Gasteiger partial charge on any atom is 0.262 e. The molecule has 31 heavy (non-hydrogen) atoms. The first-order valence-electron chi connectivity index (χ1n) is 10.3. The molecule has 8 nitrogen and oxygen atoms in total. The van der Waals surface area contributed by atoms with E-state index in [1.807, 2.05) is 24.4 Å². The number of carbonyl (C=O) groups excluding carboxylic acids is 1. The van der Waals surface area contributed by atoms with Crippen molar-refractivity contribution in [2.75, 3.05) is 6.54 Å². The summed E-state index contributed by atoms with van der Waals surface area (Å²) in [4.78, 5) is 35.2. The van der Waals surface area contributed by atoms with Crippen LogP contribution in [0.4, 0.5) is 0 Å². The van der Waals surface area contributed by atoms with Crippen LogP contribution in [0.2, 0.25) is 0 Å². The highest BCUT2D eigenvalue weighted by molar-refractivity contribution is 7.18. The smallest absolute Gasteiger partial charge is 0.262 e. The molecule has 0 spiro atoms. The first-order valence-corrected chi connectivity index (χ1v) is 12.0. The van der Waals surface area contributed by atoms with Gasteiger partial charge in [-0.3, -0.25) is 14.2 Å². The normalized spacial score (nSPS) is 13.1. The fourth-order valence-electron chi connectivity index (χ4n) is 3.92. The number of hydrogen-bond donors (Lipinski definition) is 0. The predicted molar refractivity (Wildman–Crippen MR) is 119 cm³/mol. The SMILES string of the molecule is CCCN(Cc1nnc(-c2cccs2)o1)C(=O)Cn1cnc2sc3c(c2c1=O)CCC3. The van der Waals surface area contributed by atoms with Crippen molar-refractivity contribution in [1.82, 2.24) is 24.6 Å². The molecule has 0 N–H and O–H groups in total. The van der Waals surface area contributed by atoms with Crippen molar-refractivity contribution in [1.29, 1.82) is 0 Å². The lowest BCUT2D eigenvalue weighted by Gasteiger charge is -2.20. The summed E-state index contributed by atoms with van der Waals surface area (Å²) in [7, 11) is 0. The van der Waals surface area contributed by atoms with E-state index in [0.717, 1.165) is 41.0 Å². The zero-order chi connectivity index (χ0) is 21.4. The molecule has 160 valence electrons. The van der Waals surface area contributed by atoms with E-state index < -0.39 is 0 Å². The van der Waals surface area contributed by atoms with Gasteiger partial charge in [0.2, 0.25) is 11.8 Å². The molecule has 0 fully saturated rings. The minimum absolute atomic E-state index is 0.0572. The quantitative estimate of drug-likeness (QED) is 0.423. The van der Waals surface area contributed by atoms with Gasteiger partial charge in [0.25, 0.3) is 11.4 Å². The summed E-state index contributed by atoms with van der Waals surface area (Å²) < 4.78 is 7.16. The van der Waals surface area contributed by atoms with Crippen molar-refractivity contribution in [3.8, 4) is 10.8 Å². The van der Waals surface area contributed by atoms with Crippen LogP contribution >= 0.6 is 22.7 Å². The average molecular weight is 456 g/mol. The van der Waals surface area contributed by atoms with E-state index in [1.165, 1.54) is 27.1 Å². The summed E-state index contributed by atoms with van der Waals surface area (Å²) in [5, 5.41) is 10.8. The van der Waals surface area contributed by atoms with E-state index in [4.69, 9.17) is 4.42 Å². The maximum absolute atomic E-state index is 13.1. The van der Waals surface area contributed by atoms with Crippen LogP contribution in [0, 0.1) is 0 Å². The molecule has 10 heteroatoms. The van der Waals surface area contributed by atoms with E-state index in [-0.39, 0.29) is 24.6 Å². The number of nitrogens with zero attached hydrogens (tertiary/aromatic N) is 5. The van der Waals surface area contributed by atoms with Crippen molar-refractivity contribution in [2.45, 2.75) is 45.7 Å². The van der Waals surface area contributed by atoms with Crippen LogP contribution in [0.25, 0.3) is 21.0 Å². The summed E-state index contributed by atoms with van der Waals surface area (Å²) in [6.07, 6.45) is 5.26. The first-order chi connectivity index (χ1) is 15.1. The molecule has 0 radical (unpaired) electrons. The van der Waals surface area contributed by atoms with Crippen LogP contribution in [-0.2, 0) is 30.7 Å². The summed E-state index contributed by atoms with van der Waals surface area (Å²) in [6, 6.07) is 3.83. The number of aryl methyl sites for hydroxylation is 2. The minimum atomic E-state index is -0.173. The second-order valence-electron chi connectivity index (χ2n) is 7.51. The second kappa shape index (κ2) is 8.35. The molecule has 4 aromatic heterocycles. The molecule has 0 aliphatic heterocycles. The van der Waals surface area contributed by atoms with E-state index in [2.05, 4.69) is 15.2 Å². The lowest BCUT2D eigenvalue weighted by Crippen LogP contribution is -2.36. The fraction of sp³-hybridized carbons (Fsp3) is 0.381. The van der Waals surface area contributed by atoms with Gasteiger partial charge in [-0.05, 0) is 42.7 Å². The molecule has 5 rings (SSSR count). The monoisotopic (exact) mass is 455 g/mol. The molecule has 4 heterocycles. The molecular formula is C21H21N5O3S2. The zero-order valence-corrected chi connectivity index (χ0v) is 18.7. The van der Waals surface area contributed by atoms with Gasteiger partial charge in [0.05, 0.1) is 23.1 Å². The van der Waals surface area contributed by atoms with Gasteiger partial charge in [-0.25, -0.2) is 4.98 Å². The lowest BCUT2D eigenvalue weighted by molar-refractivity contribution is -0.132. The molecule has 0 unspecified atom stereocenters. The molecule has 1 aliphatic rings. The number of rotatable bonds is 7. The molecule has 0 saturated carbocycles. The van der Waals surface area contributed by atoms with Crippen LogP contribution in [0.3, 0.4) is 0 Å². The highest BCUT2D eigenvalue weighted by Crippen LogP contribution is 2.34. The third kappa shape index (κ3) is 3.81. The molecule has 1 amide bonds. The number of thiophene rings is 2. The molecule has 4 aromatic rings. The van der Waals surface area contributed by atoms with Gasteiger partial charge in [0.1, 0.15) is 11.4 Å². The lowest BCUT2D eigenvalue weighted by atomic mass is 10.2. The van der Waals surface area contributed by atoms with Crippen molar-refractivity contribution in [2.24, 2.45) is 0 Å². The van der Waals surface area contributed by atoms with Gasteiger partial charge in [-0.1, -0.05) is 13.0 Å². The van der Waals surface area contributed by atoms with Gasteiger partial charge in [0, 0.05) is 11.4 Å². The highest BCUT2D eigenvalue weighted by atomic mass is 32.1. The van der Waals surface area contributed by atoms with Crippen LogP contribution < -0.4 is 5.56 Å². The summed E-state index contributed by atoms with van der Waals surface area (Å²) >= 11 is 3.12. The first kappa shape index (κ1) is 20.1. The topological polar surface area (TPSA) is 94.1 Å². The van der Waals surface area contributed by atoms with Crippen molar-refractivity contribution >= 4 is 38.8 Å². The number of hydrogen-bond acceptors (Lipinski definition) is 8. The van der Waals surface area contributed by atoms with E-state index >= 15 is 0 Å². The Morgan fingerprint density at radius 2 is 2.23 bits per heavy atom. The highest BCUT2D eigenvalue weighted by Gasteiger charge is 2.23. The second-order valence-corrected chi connectivity index (χ2v) is 9.54. The number of carbonyl (C=O) groups is 1. The number of amides is 1. The largest absolute Gasteiger partial charge is 0.418 e. The van der Waals surface area contributed by atoms with E-state index in [0.29, 0.717) is 23.7 Å². The Hall–Kier alpha value is -2.85. The van der Waals surface area contributed by atoms with Crippen LogP contribution in [0.1, 0.15) is 36.1 Å². The van der Waals surface area contributed by atoms with Gasteiger partial charge in [-0.15, -0.1) is 32.9 Å². The van der Waals surface area contributed by atoms with Gasteiger partial charge in [0.15, 0.2) is 0 Å². The van der Waals surface area contributed by atoms with Crippen molar-refractivity contribution < 1.29 is 9.21 Å². The summed E-state index contributed by atoms with van der Waals surface area (Å²) in [6.45, 7) is 2.69. The van der Waals surface area contributed by atoms with Gasteiger partial charge >= 0.3 is 0 Å². The van der Waals surface area contributed by atoms with Crippen LogP contribution in [-0.4, -0.2) is 37.1 Å². The van der Waals surface area contributed by atoms with E-state index in [9.17, 15) is 9.59 Å². The fourth-order valence-corrected chi connectivity index (χ4v) is 5.78. The molecule has 0 atom stereocenters. The third-order valence-corrected chi connectivity index (χ3v) is 7.43. The Morgan fingerprint density at radius 1 is 1.32 bits per heavy atom. The standard InChI is InChI=1S/C21H21N5O3S2/c1-2-8-25(10-16-23-24-19(29-16)15-7-4-9-30-15)17(27)11-26-12-22-20-18(21(26)28)13-5-3-6-14(13)31-20/h4,7,9,12H,2-3,5-6,8,10-11H2,1H3. The Bertz CT molecular complexity index is 1290. The molecule has 1 aliphatic carbocycles. The Kier molecular flexibility index (Phi) is 5.41. The Morgan fingerprint density at radius 3 is 3.03 bits per heavy atom. The molecule has 0 saturated heterocycles. The van der Waals surface area contributed by atoms with Gasteiger partial charge < -0.3 is 9.32 Å². The maximum atomic E-state index is 13.1. The summed E-state index contributed by atoms with van der Waals surface area (Å²) in [5.41, 5.74) is 0.989. The van der Waals surface area contributed by atoms with Crippen LogP contribution in [0.5, 0.6) is 0 Å². The average Bonchev–Trinajstić information content (AvgIpc) is 3.53. The third-order valence-electron chi connectivity index (χ3n) is 5.37.